The first kappa shape index (κ1) is 19.7. The molecule has 0 spiro atoms. The van der Waals surface area contributed by atoms with E-state index in [4.69, 9.17) is 9.47 Å². The summed E-state index contributed by atoms with van der Waals surface area (Å²) in [4.78, 5) is 20.4. The van der Waals surface area contributed by atoms with E-state index in [0.29, 0.717) is 12.2 Å². The average molecular weight is 381 g/mol. The Morgan fingerprint density at radius 1 is 1.21 bits per heavy atom. The summed E-state index contributed by atoms with van der Waals surface area (Å²) < 4.78 is 10.7. The lowest BCUT2D eigenvalue weighted by molar-refractivity contribution is 0.0501. The van der Waals surface area contributed by atoms with Crippen LogP contribution in [-0.2, 0) is 11.2 Å². The number of methoxy groups -OCH3 is 1. The molecule has 0 aliphatic carbocycles. The van der Waals surface area contributed by atoms with Gasteiger partial charge in [-0.25, -0.2) is 9.78 Å². The number of hydrogen-bond donors (Lipinski definition) is 2. The third-order valence-electron chi connectivity index (χ3n) is 4.40. The van der Waals surface area contributed by atoms with Crippen LogP contribution in [0.2, 0.25) is 0 Å². The van der Waals surface area contributed by atoms with E-state index in [9.17, 15) is 4.79 Å². The number of aromatic nitrogens is 2. The van der Waals surface area contributed by atoms with E-state index in [1.807, 2.05) is 70.2 Å². The Hall–Kier alpha value is -3.02. The Labute approximate surface area is 165 Å². The lowest BCUT2D eigenvalue weighted by atomic mass is 10.0. The molecule has 2 N–H and O–H groups in total. The molecule has 28 heavy (non-hydrogen) atoms. The summed E-state index contributed by atoms with van der Waals surface area (Å²) in [7, 11) is 1.65. The summed E-state index contributed by atoms with van der Waals surface area (Å²) in [6.45, 7) is 7.56. The number of hydrogen-bond acceptors (Lipinski definition) is 4. The van der Waals surface area contributed by atoms with Crippen LogP contribution in [0.5, 0.6) is 5.75 Å². The Morgan fingerprint density at radius 2 is 1.96 bits per heavy atom. The van der Waals surface area contributed by atoms with E-state index in [1.165, 1.54) is 0 Å². The molecular weight excluding hydrogens is 354 g/mol. The zero-order valence-corrected chi connectivity index (χ0v) is 17.0. The summed E-state index contributed by atoms with van der Waals surface area (Å²) in [5, 5.41) is 2.97. The third-order valence-corrected chi connectivity index (χ3v) is 4.40. The highest BCUT2D eigenvalue weighted by atomic mass is 16.6. The van der Waals surface area contributed by atoms with Gasteiger partial charge < -0.3 is 19.8 Å². The van der Waals surface area contributed by atoms with Crippen molar-refractivity contribution in [2.45, 2.75) is 45.8 Å². The van der Waals surface area contributed by atoms with Crippen LogP contribution in [-0.4, -0.2) is 28.8 Å². The fourth-order valence-corrected chi connectivity index (χ4v) is 3.05. The van der Waals surface area contributed by atoms with Gasteiger partial charge in [0.05, 0.1) is 24.2 Å². The molecule has 1 unspecified atom stereocenters. The molecule has 0 saturated carbocycles. The molecule has 0 radical (unpaired) electrons. The molecule has 3 rings (SSSR count). The molecule has 1 heterocycles. The Bertz CT molecular complexity index is 940. The number of alkyl carbamates (subject to hydrolysis) is 1. The van der Waals surface area contributed by atoms with E-state index in [0.717, 1.165) is 27.9 Å². The summed E-state index contributed by atoms with van der Waals surface area (Å²) >= 11 is 0. The highest BCUT2D eigenvalue weighted by Gasteiger charge is 2.23. The van der Waals surface area contributed by atoms with Gasteiger partial charge in [-0.2, -0.15) is 0 Å². The number of H-pyrrole nitrogens is 1. The number of para-hydroxylation sites is 2. The molecule has 2 aromatic carbocycles. The number of benzene rings is 2. The van der Waals surface area contributed by atoms with Crippen molar-refractivity contribution in [1.29, 1.82) is 0 Å². The van der Waals surface area contributed by atoms with Gasteiger partial charge in [0.1, 0.15) is 17.2 Å². The maximum atomic E-state index is 12.4. The maximum absolute atomic E-state index is 12.4. The smallest absolute Gasteiger partial charge is 0.408 e. The number of fused-ring (bicyclic) bond motifs is 1. The number of nitrogens with one attached hydrogen (secondary N) is 2. The molecule has 6 nitrogen and oxygen atoms in total. The van der Waals surface area contributed by atoms with Gasteiger partial charge in [-0.1, -0.05) is 18.2 Å². The molecule has 148 valence electrons. The Kier molecular flexibility index (Phi) is 5.58. The van der Waals surface area contributed by atoms with Gasteiger partial charge in [0.2, 0.25) is 0 Å². The molecule has 1 aromatic heterocycles. The number of nitrogens with zero attached hydrogens (tertiary/aromatic N) is 1. The predicted molar refractivity (Wildman–Crippen MR) is 110 cm³/mol. The van der Waals surface area contributed by atoms with Crippen molar-refractivity contribution in [3.8, 4) is 5.75 Å². The lowest BCUT2D eigenvalue weighted by Gasteiger charge is -2.23. The fourth-order valence-electron chi connectivity index (χ4n) is 3.05. The minimum absolute atomic E-state index is 0.352. The van der Waals surface area contributed by atoms with Gasteiger partial charge in [0.25, 0.3) is 0 Å². The first-order valence-corrected chi connectivity index (χ1v) is 9.33. The minimum atomic E-state index is -0.571. The van der Waals surface area contributed by atoms with Crippen molar-refractivity contribution in [1.82, 2.24) is 15.3 Å². The number of carbonyl (C=O) groups excluding carboxylic acids is 1. The van der Waals surface area contributed by atoms with Gasteiger partial charge in [-0.15, -0.1) is 0 Å². The highest BCUT2D eigenvalue weighted by molar-refractivity contribution is 5.75. The standard InChI is InChI=1S/C22H27N3O3/c1-14-12-16(27-5)11-10-15(14)13-19(25-21(26)28-22(2,3)4)20-23-17-8-6-7-9-18(17)24-20/h6-12,19H,13H2,1-5H3,(H,23,24)(H,25,26). The van der Waals surface area contributed by atoms with Gasteiger partial charge >= 0.3 is 6.09 Å². The predicted octanol–water partition coefficient (Wildman–Crippen LogP) is 4.69. The quantitative estimate of drug-likeness (QED) is 0.672. The number of ether oxygens (including phenoxy) is 2. The van der Waals surface area contributed by atoms with Gasteiger partial charge in [0.15, 0.2) is 0 Å². The minimum Gasteiger partial charge on any atom is -0.497 e. The number of imidazole rings is 1. The third kappa shape index (κ3) is 4.82. The van der Waals surface area contributed by atoms with Gasteiger partial charge in [-0.05, 0) is 63.1 Å². The number of aryl methyl sites for hydroxylation is 1. The lowest BCUT2D eigenvalue weighted by Crippen LogP contribution is -2.36. The summed E-state index contributed by atoms with van der Waals surface area (Å²) in [6.07, 6.45) is 0.110. The number of rotatable bonds is 5. The normalized spacial score (nSPS) is 12.6. The molecule has 0 aliphatic heterocycles. The van der Waals surface area contributed by atoms with E-state index in [1.54, 1.807) is 7.11 Å². The molecule has 0 fully saturated rings. The molecule has 0 bridgehead atoms. The number of carbonyl (C=O) groups is 1. The van der Waals surface area contributed by atoms with Crippen LogP contribution in [0.4, 0.5) is 4.79 Å². The van der Waals surface area contributed by atoms with Crippen LogP contribution >= 0.6 is 0 Å². The Balaban J connectivity index is 1.90. The summed E-state index contributed by atoms with van der Waals surface area (Å²) in [6, 6.07) is 13.4. The monoisotopic (exact) mass is 381 g/mol. The van der Waals surface area contributed by atoms with E-state index in [2.05, 4.69) is 15.3 Å². The van der Waals surface area contributed by atoms with Crippen LogP contribution in [0.1, 0.15) is 43.8 Å². The second-order valence-corrected chi connectivity index (χ2v) is 7.83. The van der Waals surface area contributed by atoms with Crippen molar-refractivity contribution < 1.29 is 14.3 Å². The molecule has 6 heteroatoms. The molecule has 1 amide bonds. The van der Waals surface area contributed by atoms with Crippen molar-refractivity contribution >= 4 is 17.1 Å². The zero-order chi connectivity index (χ0) is 20.3. The zero-order valence-electron chi connectivity index (χ0n) is 17.0. The Morgan fingerprint density at radius 3 is 2.61 bits per heavy atom. The van der Waals surface area contributed by atoms with Crippen molar-refractivity contribution in [3.63, 3.8) is 0 Å². The van der Waals surface area contributed by atoms with Crippen molar-refractivity contribution in [3.05, 3.63) is 59.4 Å². The maximum Gasteiger partial charge on any atom is 0.408 e. The fraction of sp³-hybridized carbons (Fsp3) is 0.364. The van der Waals surface area contributed by atoms with Crippen LogP contribution in [0, 0.1) is 6.92 Å². The number of aromatic amines is 1. The van der Waals surface area contributed by atoms with Crippen LogP contribution in [0.25, 0.3) is 11.0 Å². The molecular formula is C22H27N3O3. The molecule has 1 atom stereocenters. The summed E-state index contributed by atoms with van der Waals surface area (Å²) in [5.74, 6) is 1.50. The van der Waals surface area contributed by atoms with E-state index >= 15 is 0 Å². The van der Waals surface area contributed by atoms with Crippen LogP contribution in [0.3, 0.4) is 0 Å². The summed E-state index contributed by atoms with van der Waals surface area (Å²) in [5.41, 5.74) is 3.41. The topological polar surface area (TPSA) is 76.2 Å². The average Bonchev–Trinajstić information content (AvgIpc) is 3.05. The molecule has 3 aromatic rings. The van der Waals surface area contributed by atoms with Crippen molar-refractivity contribution in [2.24, 2.45) is 0 Å². The van der Waals surface area contributed by atoms with Crippen LogP contribution < -0.4 is 10.1 Å². The first-order chi connectivity index (χ1) is 13.2. The van der Waals surface area contributed by atoms with Crippen LogP contribution in [0.15, 0.2) is 42.5 Å². The molecule has 0 saturated heterocycles. The van der Waals surface area contributed by atoms with Gasteiger partial charge in [0, 0.05) is 6.42 Å². The first-order valence-electron chi connectivity index (χ1n) is 9.33. The van der Waals surface area contributed by atoms with E-state index in [-0.39, 0.29) is 6.04 Å². The number of amides is 1. The van der Waals surface area contributed by atoms with Gasteiger partial charge in [-0.3, -0.25) is 0 Å². The SMILES string of the molecule is COc1ccc(CC(NC(=O)OC(C)(C)C)c2nc3ccccc3[nH]2)c(C)c1. The second kappa shape index (κ2) is 7.92. The van der Waals surface area contributed by atoms with Crippen molar-refractivity contribution in [2.75, 3.05) is 7.11 Å². The largest absolute Gasteiger partial charge is 0.497 e. The van der Waals surface area contributed by atoms with E-state index < -0.39 is 11.7 Å². The highest BCUT2D eigenvalue weighted by Crippen LogP contribution is 2.24. The second-order valence-electron chi connectivity index (χ2n) is 7.83. The molecule has 0 aliphatic rings.